The largest absolute Gasteiger partial charge is 0.473 e. The fourth-order valence-corrected chi connectivity index (χ4v) is 4.41. The lowest BCUT2D eigenvalue weighted by atomic mass is 10.2. The van der Waals surface area contributed by atoms with Crippen LogP contribution in [0.25, 0.3) is 0 Å². The molecule has 0 amide bonds. The Balaban J connectivity index is 1.58. The van der Waals surface area contributed by atoms with E-state index in [1.54, 1.807) is 24.3 Å². The average molecular weight is 547 g/mol. The zero-order chi connectivity index (χ0) is 26.6. The molecule has 3 aromatic rings. The van der Waals surface area contributed by atoms with Crippen LogP contribution in [0.3, 0.4) is 0 Å². The highest BCUT2D eigenvalue weighted by Gasteiger charge is 2.19. The van der Waals surface area contributed by atoms with Crippen LogP contribution in [0.2, 0.25) is 5.02 Å². The second kappa shape index (κ2) is 11.4. The van der Waals surface area contributed by atoms with Gasteiger partial charge in [0, 0.05) is 26.2 Å². The normalized spacial score (nSPS) is 14.5. The van der Waals surface area contributed by atoms with E-state index in [1.807, 2.05) is 26.0 Å². The molecule has 1 saturated heterocycles. The number of sulfonamides is 1. The molecule has 13 heteroatoms. The molecule has 198 valence electrons. The number of nitrogens with zero attached hydrogens (tertiary/aromatic N) is 5. The molecule has 3 heterocycles. The van der Waals surface area contributed by atoms with E-state index in [0.717, 1.165) is 38.3 Å². The molecule has 1 aromatic carbocycles. The van der Waals surface area contributed by atoms with Gasteiger partial charge in [0.25, 0.3) is 0 Å². The number of benzene rings is 1. The van der Waals surface area contributed by atoms with E-state index in [-0.39, 0.29) is 17.1 Å². The summed E-state index contributed by atoms with van der Waals surface area (Å²) in [5.41, 5.74) is 1.46. The van der Waals surface area contributed by atoms with Gasteiger partial charge in [-0.25, -0.2) is 13.4 Å². The number of hydrogen-bond acceptors (Lipinski definition) is 10. The monoisotopic (exact) mass is 546 g/mol. The topological polar surface area (TPSA) is 125 Å². The summed E-state index contributed by atoms with van der Waals surface area (Å²) >= 11 is 6.35. The summed E-state index contributed by atoms with van der Waals surface area (Å²) in [6, 6.07) is 10.7. The van der Waals surface area contributed by atoms with Crippen LogP contribution in [0.5, 0.6) is 5.88 Å². The molecule has 0 spiro atoms. The first kappa shape index (κ1) is 26.7. The van der Waals surface area contributed by atoms with E-state index in [4.69, 9.17) is 21.3 Å². The fraction of sp³-hybridized carbons (Fsp3) is 0.375. The summed E-state index contributed by atoms with van der Waals surface area (Å²) in [5.74, 6) is 1.87. The third-order valence-corrected chi connectivity index (χ3v) is 6.35. The molecule has 2 aromatic heterocycles. The number of halogens is 1. The van der Waals surface area contributed by atoms with Gasteiger partial charge < -0.3 is 25.2 Å². The minimum Gasteiger partial charge on any atom is -0.473 e. The van der Waals surface area contributed by atoms with Crippen molar-refractivity contribution in [3.63, 3.8) is 0 Å². The molecule has 0 saturated carbocycles. The van der Waals surface area contributed by atoms with Gasteiger partial charge in [0.2, 0.25) is 21.9 Å². The van der Waals surface area contributed by atoms with Crippen molar-refractivity contribution in [3.05, 3.63) is 47.6 Å². The minimum atomic E-state index is -3.48. The first-order chi connectivity index (χ1) is 17.6. The number of ether oxygens (including phenoxy) is 1. The number of likely N-dealkylation sites (N-methyl/N-ethyl adjacent to an activating group) is 1. The Morgan fingerprint density at radius 3 is 2.35 bits per heavy atom. The van der Waals surface area contributed by atoms with Gasteiger partial charge in [0.15, 0.2) is 5.82 Å². The fourth-order valence-electron chi connectivity index (χ4n) is 3.69. The van der Waals surface area contributed by atoms with Gasteiger partial charge in [-0.1, -0.05) is 23.7 Å². The van der Waals surface area contributed by atoms with E-state index in [0.29, 0.717) is 28.8 Å². The van der Waals surface area contributed by atoms with E-state index in [9.17, 15) is 8.42 Å². The molecule has 3 N–H and O–H groups in total. The Morgan fingerprint density at radius 1 is 0.973 bits per heavy atom. The Labute approximate surface area is 222 Å². The van der Waals surface area contributed by atoms with Crippen LogP contribution in [0.1, 0.15) is 13.8 Å². The van der Waals surface area contributed by atoms with Gasteiger partial charge in [-0.15, -0.1) is 0 Å². The quantitative estimate of drug-likeness (QED) is 0.363. The number of aromatic nitrogens is 3. The van der Waals surface area contributed by atoms with Crippen molar-refractivity contribution < 1.29 is 13.2 Å². The van der Waals surface area contributed by atoms with Crippen LogP contribution >= 0.6 is 11.6 Å². The van der Waals surface area contributed by atoms with Gasteiger partial charge >= 0.3 is 0 Å². The smallest absolute Gasteiger partial charge is 0.240 e. The van der Waals surface area contributed by atoms with Gasteiger partial charge in [0.1, 0.15) is 16.5 Å². The Kier molecular flexibility index (Phi) is 8.20. The molecule has 0 aliphatic carbocycles. The van der Waals surface area contributed by atoms with Crippen molar-refractivity contribution in [2.24, 2.45) is 0 Å². The third-order valence-electron chi connectivity index (χ3n) is 5.49. The molecule has 1 aliphatic rings. The number of piperazine rings is 1. The van der Waals surface area contributed by atoms with Crippen molar-refractivity contribution in [3.8, 4) is 5.88 Å². The lowest BCUT2D eigenvalue weighted by molar-refractivity contribution is 0.234. The molecular formula is C24H31ClN8O3S. The number of anilines is 6. The Hall–Kier alpha value is -3.35. The number of hydrogen-bond donors (Lipinski definition) is 3. The van der Waals surface area contributed by atoms with Gasteiger partial charge in [-0.3, -0.25) is 4.72 Å². The molecule has 11 nitrogen and oxygen atoms in total. The summed E-state index contributed by atoms with van der Waals surface area (Å²) in [6.07, 6.45) is 2.46. The number of pyridine rings is 1. The van der Waals surface area contributed by atoms with Crippen LogP contribution in [0.15, 0.2) is 42.6 Å². The molecule has 0 bridgehead atoms. The van der Waals surface area contributed by atoms with Crippen molar-refractivity contribution in [1.82, 2.24) is 19.9 Å². The van der Waals surface area contributed by atoms with Crippen LogP contribution in [-0.4, -0.2) is 73.9 Å². The van der Waals surface area contributed by atoms with Crippen molar-refractivity contribution in [2.75, 3.05) is 59.7 Å². The van der Waals surface area contributed by atoms with Crippen molar-refractivity contribution in [1.29, 1.82) is 0 Å². The summed E-state index contributed by atoms with van der Waals surface area (Å²) in [6.45, 7) is 7.61. The number of para-hydroxylation sites is 2. The minimum absolute atomic E-state index is 0.0852. The highest BCUT2D eigenvalue weighted by molar-refractivity contribution is 7.92. The van der Waals surface area contributed by atoms with E-state index in [1.165, 1.54) is 6.20 Å². The third kappa shape index (κ3) is 7.34. The molecule has 0 atom stereocenters. The molecular weight excluding hydrogens is 516 g/mol. The maximum absolute atomic E-state index is 11.8. The maximum atomic E-state index is 11.8. The lowest BCUT2D eigenvalue weighted by Crippen LogP contribution is -2.44. The summed E-state index contributed by atoms with van der Waals surface area (Å²) in [5, 5.41) is 6.52. The highest BCUT2D eigenvalue weighted by Crippen LogP contribution is 2.32. The standard InChI is InChI=1S/C24H31ClN8O3S/c1-16(2)36-23-20(9-10-21(29-23)33-13-11-32(3)12-14-33)28-24-26-15-17(25)22(30-24)27-18-7-5-6-8-19(18)31-37(4,34)35/h5-10,15-16,31H,11-14H2,1-4H3,(H2,26,27,28,30). The highest BCUT2D eigenvalue weighted by atomic mass is 35.5. The first-order valence-corrected chi connectivity index (χ1v) is 14.1. The maximum Gasteiger partial charge on any atom is 0.240 e. The van der Waals surface area contributed by atoms with Crippen LogP contribution in [0, 0.1) is 0 Å². The molecule has 0 radical (unpaired) electrons. The molecule has 1 fully saturated rings. The van der Waals surface area contributed by atoms with E-state index < -0.39 is 10.0 Å². The average Bonchev–Trinajstić information content (AvgIpc) is 2.83. The first-order valence-electron chi connectivity index (χ1n) is 11.8. The molecule has 37 heavy (non-hydrogen) atoms. The SMILES string of the molecule is CC(C)Oc1nc(N2CCN(C)CC2)ccc1Nc1ncc(Cl)c(Nc2ccccc2NS(C)(=O)=O)n1. The summed E-state index contributed by atoms with van der Waals surface area (Å²) < 4.78 is 32.0. The Morgan fingerprint density at radius 2 is 1.68 bits per heavy atom. The summed E-state index contributed by atoms with van der Waals surface area (Å²) in [7, 11) is -1.36. The van der Waals surface area contributed by atoms with Crippen molar-refractivity contribution >= 4 is 56.3 Å². The van der Waals surface area contributed by atoms with Crippen LogP contribution in [0.4, 0.5) is 34.6 Å². The molecule has 0 unspecified atom stereocenters. The molecule has 4 rings (SSSR count). The molecule has 1 aliphatic heterocycles. The van der Waals surface area contributed by atoms with Gasteiger partial charge in [-0.2, -0.15) is 9.97 Å². The van der Waals surface area contributed by atoms with Crippen molar-refractivity contribution in [2.45, 2.75) is 20.0 Å². The predicted molar refractivity (Wildman–Crippen MR) is 148 cm³/mol. The zero-order valence-corrected chi connectivity index (χ0v) is 22.8. The zero-order valence-electron chi connectivity index (χ0n) is 21.2. The number of nitrogens with one attached hydrogen (secondary N) is 3. The van der Waals surface area contributed by atoms with E-state index >= 15 is 0 Å². The second-order valence-electron chi connectivity index (χ2n) is 9.04. The van der Waals surface area contributed by atoms with E-state index in [2.05, 4.69) is 42.2 Å². The van der Waals surface area contributed by atoms with Crippen LogP contribution < -0.4 is 25.0 Å². The van der Waals surface area contributed by atoms with Gasteiger partial charge in [0.05, 0.1) is 29.9 Å². The van der Waals surface area contributed by atoms with Crippen LogP contribution in [-0.2, 0) is 10.0 Å². The van der Waals surface area contributed by atoms with Gasteiger partial charge in [-0.05, 0) is 45.2 Å². The lowest BCUT2D eigenvalue weighted by Gasteiger charge is -2.33. The number of rotatable bonds is 9. The summed E-state index contributed by atoms with van der Waals surface area (Å²) in [4.78, 5) is 18.1. The Bertz CT molecular complexity index is 1350. The predicted octanol–water partition coefficient (Wildman–Crippen LogP) is 3.92. The second-order valence-corrected chi connectivity index (χ2v) is 11.2.